The lowest BCUT2D eigenvalue weighted by molar-refractivity contribution is -0.195. The Hall–Kier alpha value is -0.860. The second kappa shape index (κ2) is 4.77. The highest BCUT2D eigenvalue weighted by Gasteiger charge is 2.23. The normalized spacial score (nSPS) is 23.5. The molecule has 1 heterocycles. The van der Waals surface area contributed by atoms with Gasteiger partial charge in [0.25, 0.3) is 0 Å². The number of rotatable bonds is 2. The Bertz CT molecular complexity index is 292. The summed E-state index contributed by atoms with van der Waals surface area (Å²) in [5.41, 5.74) is 2.63. The number of hydrogen-bond donors (Lipinski definition) is 0. The van der Waals surface area contributed by atoms with Gasteiger partial charge in [0.1, 0.15) is 0 Å². The fourth-order valence-electron chi connectivity index (χ4n) is 1.90. The molecule has 15 heavy (non-hydrogen) atoms. The first-order valence-corrected chi connectivity index (χ1v) is 5.58. The van der Waals surface area contributed by atoms with Gasteiger partial charge in [-0.05, 0) is 18.9 Å². The van der Waals surface area contributed by atoms with Crippen LogP contribution in [0.25, 0.3) is 0 Å². The van der Waals surface area contributed by atoms with Crippen LogP contribution in [-0.2, 0) is 9.47 Å². The fourth-order valence-corrected chi connectivity index (χ4v) is 1.90. The summed E-state index contributed by atoms with van der Waals surface area (Å²) >= 11 is 0. The highest BCUT2D eigenvalue weighted by Crippen LogP contribution is 2.26. The minimum atomic E-state index is -0.0614. The maximum absolute atomic E-state index is 5.62. The molecule has 82 valence electrons. The summed E-state index contributed by atoms with van der Waals surface area (Å²) in [6.45, 7) is 5.96. The summed E-state index contributed by atoms with van der Waals surface area (Å²) in [5.74, 6) is 0.327. The molecule has 1 aliphatic carbocycles. The molecular formula is C13H18O2. The zero-order valence-corrected chi connectivity index (χ0v) is 9.40. The lowest BCUT2D eigenvalue weighted by Crippen LogP contribution is -2.31. The van der Waals surface area contributed by atoms with E-state index >= 15 is 0 Å². The van der Waals surface area contributed by atoms with Crippen molar-refractivity contribution < 1.29 is 9.47 Å². The predicted molar refractivity (Wildman–Crippen MR) is 60.5 cm³/mol. The summed E-state index contributed by atoms with van der Waals surface area (Å²) in [7, 11) is 0. The van der Waals surface area contributed by atoms with E-state index in [9.17, 15) is 0 Å². The van der Waals surface area contributed by atoms with Crippen LogP contribution in [0.4, 0.5) is 0 Å². The zero-order valence-electron chi connectivity index (χ0n) is 9.40. The SMILES string of the molecule is CC(=C1C=CC=C1)C(C)C1OCCCO1. The first-order valence-electron chi connectivity index (χ1n) is 5.58. The molecule has 1 aliphatic heterocycles. The third-order valence-corrected chi connectivity index (χ3v) is 3.06. The first-order chi connectivity index (χ1) is 7.29. The van der Waals surface area contributed by atoms with Gasteiger partial charge in [-0.2, -0.15) is 0 Å². The van der Waals surface area contributed by atoms with Gasteiger partial charge in [-0.25, -0.2) is 0 Å². The average Bonchev–Trinajstić information content (AvgIpc) is 2.82. The van der Waals surface area contributed by atoms with E-state index in [0.717, 1.165) is 19.6 Å². The average molecular weight is 206 g/mol. The predicted octanol–water partition coefficient (Wildman–Crippen LogP) is 2.83. The van der Waals surface area contributed by atoms with Crippen molar-refractivity contribution in [1.82, 2.24) is 0 Å². The summed E-state index contributed by atoms with van der Waals surface area (Å²) in [6.07, 6.45) is 9.35. The topological polar surface area (TPSA) is 18.5 Å². The molecule has 2 rings (SSSR count). The van der Waals surface area contributed by atoms with E-state index in [0.29, 0.717) is 5.92 Å². The quantitative estimate of drug-likeness (QED) is 0.691. The van der Waals surface area contributed by atoms with Crippen molar-refractivity contribution in [2.75, 3.05) is 13.2 Å². The minimum absolute atomic E-state index is 0.0614. The van der Waals surface area contributed by atoms with Gasteiger partial charge in [0.2, 0.25) is 0 Å². The second-order valence-corrected chi connectivity index (χ2v) is 4.11. The Morgan fingerprint density at radius 3 is 2.47 bits per heavy atom. The fraction of sp³-hybridized carbons (Fsp3) is 0.538. The Morgan fingerprint density at radius 1 is 1.27 bits per heavy atom. The molecule has 0 bridgehead atoms. The van der Waals surface area contributed by atoms with Crippen molar-refractivity contribution in [3.8, 4) is 0 Å². The van der Waals surface area contributed by atoms with E-state index in [1.54, 1.807) is 0 Å². The van der Waals surface area contributed by atoms with Gasteiger partial charge in [0.15, 0.2) is 6.29 Å². The minimum Gasteiger partial charge on any atom is -0.352 e. The molecule has 1 saturated heterocycles. The van der Waals surface area contributed by atoms with Gasteiger partial charge in [0.05, 0.1) is 13.2 Å². The molecule has 0 aromatic rings. The van der Waals surface area contributed by atoms with Crippen molar-refractivity contribution in [1.29, 1.82) is 0 Å². The standard InChI is InChI=1S/C13H18O2/c1-10(12-6-3-4-7-12)11(2)13-14-8-5-9-15-13/h3-4,6-7,11,13H,5,8-9H2,1-2H3. The highest BCUT2D eigenvalue weighted by molar-refractivity contribution is 5.43. The summed E-state index contributed by atoms with van der Waals surface area (Å²) in [6, 6.07) is 0. The largest absolute Gasteiger partial charge is 0.352 e. The maximum atomic E-state index is 5.62. The van der Waals surface area contributed by atoms with Crippen LogP contribution in [0, 0.1) is 5.92 Å². The van der Waals surface area contributed by atoms with Crippen molar-refractivity contribution in [3.63, 3.8) is 0 Å². The van der Waals surface area contributed by atoms with Gasteiger partial charge in [-0.1, -0.05) is 36.8 Å². The van der Waals surface area contributed by atoms with Crippen molar-refractivity contribution >= 4 is 0 Å². The zero-order chi connectivity index (χ0) is 10.7. The van der Waals surface area contributed by atoms with Crippen LogP contribution in [0.3, 0.4) is 0 Å². The van der Waals surface area contributed by atoms with E-state index in [4.69, 9.17) is 9.47 Å². The van der Waals surface area contributed by atoms with Crippen LogP contribution in [-0.4, -0.2) is 19.5 Å². The lowest BCUT2D eigenvalue weighted by atomic mass is 9.97. The number of allylic oxidation sites excluding steroid dienone is 5. The van der Waals surface area contributed by atoms with Crippen molar-refractivity contribution in [3.05, 3.63) is 35.5 Å². The Balaban J connectivity index is 2.06. The lowest BCUT2D eigenvalue weighted by Gasteiger charge is -2.29. The van der Waals surface area contributed by atoms with Gasteiger partial charge in [-0.3, -0.25) is 0 Å². The smallest absolute Gasteiger partial charge is 0.163 e. The third kappa shape index (κ3) is 2.39. The van der Waals surface area contributed by atoms with Crippen LogP contribution < -0.4 is 0 Å². The van der Waals surface area contributed by atoms with Gasteiger partial charge in [-0.15, -0.1) is 0 Å². The molecular weight excluding hydrogens is 188 g/mol. The maximum Gasteiger partial charge on any atom is 0.163 e. The van der Waals surface area contributed by atoms with Crippen molar-refractivity contribution in [2.45, 2.75) is 26.6 Å². The van der Waals surface area contributed by atoms with E-state index < -0.39 is 0 Å². The number of ether oxygens (including phenoxy) is 2. The van der Waals surface area contributed by atoms with E-state index in [1.165, 1.54) is 11.1 Å². The van der Waals surface area contributed by atoms with E-state index in [1.807, 2.05) is 0 Å². The molecule has 1 fully saturated rings. The van der Waals surface area contributed by atoms with Crippen LogP contribution >= 0.6 is 0 Å². The highest BCUT2D eigenvalue weighted by atomic mass is 16.7. The van der Waals surface area contributed by atoms with Crippen molar-refractivity contribution in [2.24, 2.45) is 5.92 Å². The molecule has 0 spiro atoms. The summed E-state index contributed by atoms with van der Waals surface area (Å²) in [5, 5.41) is 0. The Kier molecular flexibility index (Phi) is 3.39. The molecule has 2 nitrogen and oxygen atoms in total. The monoisotopic (exact) mass is 206 g/mol. The van der Waals surface area contributed by atoms with Gasteiger partial charge < -0.3 is 9.47 Å². The first kappa shape index (κ1) is 10.7. The summed E-state index contributed by atoms with van der Waals surface area (Å²) in [4.78, 5) is 0. The molecule has 2 heteroatoms. The van der Waals surface area contributed by atoms with E-state index in [-0.39, 0.29) is 6.29 Å². The van der Waals surface area contributed by atoms with Crippen LogP contribution in [0.2, 0.25) is 0 Å². The summed E-state index contributed by atoms with van der Waals surface area (Å²) < 4.78 is 11.2. The van der Waals surface area contributed by atoms with Crippen LogP contribution in [0.5, 0.6) is 0 Å². The van der Waals surface area contributed by atoms with E-state index in [2.05, 4.69) is 38.2 Å². The molecule has 1 unspecified atom stereocenters. The second-order valence-electron chi connectivity index (χ2n) is 4.11. The van der Waals surface area contributed by atoms with Crippen LogP contribution in [0.15, 0.2) is 35.5 Å². The van der Waals surface area contributed by atoms with Gasteiger partial charge >= 0.3 is 0 Å². The Labute approximate surface area is 91.3 Å². The number of hydrogen-bond acceptors (Lipinski definition) is 2. The molecule has 0 aromatic heterocycles. The third-order valence-electron chi connectivity index (χ3n) is 3.06. The molecule has 2 aliphatic rings. The molecule has 0 amide bonds. The molecule has 0 aromatic carbocycles. The molecule has 0 radical (unpaired) electrons. The van der Waals surface area contributed by atoms with Gasteiger partial charge in [0, 0.05) is 5.92 Å². The molecule has 1 atom stereocenters. The molecule has 0 saturated carbocycles. The molecule has 0 N–H and O–H groups in total. The Morgan fingerprint density at radius 2 is 1.87 bits per heavy atom. The van der Waals surface area contributed by atoms with Crippen LogP contribution in [0.1, 0.15) is 20.3 Å².